The molecule has 158 valence electrons. The van der Waals surface area contributed by atoms with Crippen molar-refractivity contribution in [3.8, 4) is 0 Å². The number of guanidine groups is 1. The van der Waals surface area contributed by atoms with Crippen LogP contribution in [0, 0.1) is 12.8 Å². The van der Waals surface area contributed by atoms with Gasteiger partial charge < -0.3 is 10.6 Å². The second-order valence-corrected chi connectivity index (χ2v) is 9.57. The summed E-state index contributed by atoms with van der Waals surface area (Å²) in [4.78, 5) is 9.28. The van der Waals surface area contributed by atoms with E-state index < -0.39 is 9.84 Å². The quantitative estimate of drug-likeness (QED) is 0.510. The number of nitrogens with one attached hydrogen (secondary N) is 2. The first kappa shape index (κ1) is 22.9. The molecule has 0 bridgehead atoms. The minimum absolute atomic E-state index is 0.323. The highest BCUT2D eigenvalue weighted by atomic mass is 32.2. The molecule has 0 amide bonds. The number of aryl methyl sites for hydroxylation is 1. The van der Waals surface area contributed by atoms with Gasteiger partial charge in [-0.25, -0.2) is 13.4 Å². The number of aromatic nitrogens is 1. The van der Waals surface area contributed by atoms with Gasteiger partial charge in [0.05, 0.1) is 11.4 Å². The van der Waals surface area contributed by atoms with E-state index in [4.69, 9.17) is 0 Å². The number of pyridine rings is 1. The smallest absolute Gasteiger partial charge is 0.191 e. The van der Waals surface area contributed by atoms with E-state index in [0.717, 1.165) is 30.2 Å². The van der Waals surface area contributed by atoms with Crippen molar-refractivity contribution < 1.29 is 8.42 Å². The first-order valence-electron chi connectivity index (χ1n) is 9.94. The Kier molecular flexibility index (Phi) is 8.20. The number of aliphatic imine (C=N–C) groups is 1. The fraction of sp³-hybridized carbons (Fsp3) is 0.455. The Morgan fingerprint density at radius 2 is 1.97 bits per heavy atom. The summed E-state index contributed by atoms with van der Waals surface area (Å²) in [6.07, 6.45) is 4.94. The summed E-state index contributed by atoms with van der Waals surface area (Å²) in [6, 6.07) is 9.44. The number of nitrogens with zero attached hydrogens (tertiary/aromatic N) is 2. The van der Waals surface area contributed by atoms with Crippen LogP contribution >= 0.6 is 0 Å². The Hall–Kier alpha value is -2.41. The average Bonchev–Trinajstić information content (AvgIpc) is 2.65. The molecule has 1 atom stereocenters. The second-order valence-electron chi connectivity index (χ2n) is 7.58. The molecule has 0 fully saturated rings. The van der Waals surface area contributed by atoms with Crippen molar-refractivity contribution in [2.24, 2.45) is 10.9 Å². The topological polar surface area (TPSA) is 83.5 Å². The molecular weight excluding hydrogens is 384 g/mol. The first-order valence-corrected chi connectivity index (χ1v) is 11.8. The van der Waals surface area contributed by atoms with Gasteiger partial charge in [-0.1, -0.05) is 32.0 Å². The molecule has 0 saturated heterocycles. The maximum Gasteiger partial charge on any atom is 0.191 e. The van der Waals surface area contributed by atoms with Crippen LogP contribution in [0.3, 0.4) is 0 Å². The van der Waals surface area contributed by atoms with Gasteiger partial charge in [0.25, 0.3) is 0 Å². The summed E-state index contributed by atoms with van der Waals surface area (Å²) in [7, 11) is -3.21. The molecule has 0 aliphatic carbocycles. The molecular formula is C22H32N4O2S. The van der Waals surface area contributed by atoms with Gasteiger partial charge in [-0.05, 0) is 48.6 Å². The number of benzene rings is 1. The van der Waals surface area contributed by atoms with Crippen molar-refractivity contribution in [1.29, 1.82) is 0 Å². The van der Waals surface area contributed by atoms with Gasteiger partial charge in [-0.3, -0.25) is 4.98 Å². The van der Waals surface area contributed by atoms with Gasteiger partial charge in [0, 0.05) is 37.7 Å². The number of hydrogen-bond donors (Lipinski definition) is 2. The van der Waals surface area contributed by atoms with Crippen molar-refractivity contribution in [3.63, 3.8) is 0 Å². The maximum atomic E-state index is 11.8. The van der Waals surface area contributed by atoms with Crippen molar-refractivity contribution >= 4 is 15.8 Å². The van der Waals surface area contributed by atoms with Crippen LogP contribution in [-0.2, 0) is 16.4 Å². The van der Waals surface area contributed by atoms with Gasteiger partial charge in [-0.15, -0.1) is 0 Å². The van der Waals surface area contributed by atoms with Crippen molar-refractivity contribution in [3.05, 3.63) is 59.4 Å². The lowest BCUT2D eigenvalue weighted by Crippen LogP contribution is -2.40. The lowest BCUT2D eigenvalue weighted by molar-refractivity contribution is 0.487. The fourth-order valence-electron chi connectivity index (χ4n) is 3.28. The molecule has 0 radical (unpaired) electrons. The highest BCUT2D eigenvalue weighted by Gasteiger charge is 2.16. The summed E-state index contributed by atoms with van der Waals surface area (Å²) in [5.74, 6) is 1.52. The fourth-order valence-corrected chi connectivity index (χ4v) is 4.24. The van der Waals surface area contributed by atoms with Crippen LogP contribution in [0.4, 0.5) is 0 Å². The van der Waals surface area contributed by atoms with Gasteiger partial charge in [0.15, 0.2) is 15.8 Å². The molecule has 1 aromatic heterocycles. The standard InChI is InChI=1S/C22H32N4O2S/c1-6-24-22(26-15-20(16(2)3)19-8-7-11-23-14-19)25-13-18-9-10-21(17(4)12-18)29(5,27)28/h7-12,14,16,20H,6,13,15H2,1-5H3,(H2,24,25,26). The first-order chi connectivity index (χ1) is 13.7. The van der Waals surface area contributed by atoms with E-state index in [-0.39, 0.29) is 0 Å². The van der Waals surface area contributed by atoms with E-state index in [1.807, 2.05) is 38.2 Å². The van der Waals surface area contributed by atoms with Crippen LogP contribution in [0.15, 0.2) is 52.6 Å². The second kappa shape index (κ2) is 10.4. The zero-order chi connectivity index (χ0) is 21.4. The maximum absolute atomic E-state index is 11.8. The highest BCUT2D eigenvalue weighted by molar-refractivity contribution is 7.90. The monoisotopic (exact) mass is 416 g/mol. The molecule has 0 spiro atoms. The Bertz CT molecular complexity index is 925. The molecule has 29 heavy (non-hydrogen) atoms. The molecule has 2 aromatic rings. The Morgan fingerprint density at radius 1 is 1.21 bits per heavy atom. The van der Waals surface area contributed by atoms with E-state index >= 15 is 0 Å². The van der Waals surface area contributed by atoms with Gasteiger partial charge >= 0.3 is 0 Å². The number of sulfone groups is 1. The van der Waals surface area contributed by atoms with E-state index in [1.165, 1.54) is 11.8 Å². The van der Waals surface area contributed by atoms with Gasteiger partial charge in [-0.2, -0.15) is 0 Å². The lowest BCUT2D eigenvalue weighted by Gasteiger charge is -2.23. The lowest BCUT2D eigenvalue weighted by atomic mass is 9.89. The van der Waals surface area contributed by atoms with E-state index in [2.05, 4.69) is 40.5 Å². The minimum atomic E-state index is -3.21. The zero-order valence-corrected chi connectivity index (χ0v) is 18.8. The predicted octanol–water partition coefficient (Wildman–Crippen LogP) is 3.29. The van der Waals surface area contributed by atoms with Gasteiger partial charge in [0.1, 0.15) is 0 Å². The van der Waals surface area contributed by atoms with Crippen molar-refractivity contribution in [2.75, 3.05) is 19.3 Å². The molecule has 7 heteroatoms. The summed E-state index contributed by atoms with van der Waals surface area (Å²) >= 11 is 0. The third-order valence-electron chi connectivity index (χ3n) is 4.81. The Labute approximate surface area is 174 Å². The third-order valence-corrected chi connectivity index (χ3v) is 6.07. The van der Waals surface area contributed by atoms with Crippen LogP contribution in [0.1, 0.15) is 43.4 Å². The van der Waals surface area contributed by atoms with Gasteiger partial charge in [0.2, 0.25) is 0 Å². The predicted molar refractivity (Wildman–Crippen MR) is 119 cm³/mol. The number of rotatable bonds is 8. The van der Waals surface area contributed by atoms with Crippen molar-refractivity contribution in [1.82, 2.24) is 15.6 Å². The van der Waals surface area contributed by atoms with E-state index in [9.17, 15) is 8.42 Å². The van der Waals surface area contributed by atoms with Crippen LogP contribution in [0.25, 0.3) is 0 Å². The van der Waals surface area contributed by atoms with E-state index in [1.54, 1.807) is 12.3 Å². The molecule has 0 aliphatic heterocycles. The van der Waals surface area contributed by atoms with Crippen LogP contribution < -0.4 is 10.6 Å². The Balaban J connectivity index is 2.10. The summed E-state index contributed by atoms with van der Waals surface area (Å²) in [6.45, 7) is 10.2. The Morgan fingerprint density at radius 3 is 2.52 bits per heavy atom. The van der Waals surface area contributed by atoms with Crippen LogP contribution in [0.2, 0.25) is 0 Å². The minimum Gasteiger partial charge on any atom is -0.357 e. The normalized spacial score (nSPS) is 13.4. The molecule has 1 aromatic carbocycles. The van der Waals surface area contributed by atoms with Crippen LogP contribution in [0.5, 0.6) is 0 Å². The molecule has 2 rings (SSSR count). The zero-order valence-electron chi connectivity index (χ0n) is 17.9. The molecule has 6 nitrogen and oxygen atoms in total. The summed E-state index contributed by atoms with van der Waals surface area (Å²) in [5.41, 5.74) is 2.92. The molecule has 1 unspecified atom stereocenters. The molecule has 2 N–H and O–H groups in total. The summed E-state index contributed by atoms with van der Waals surface area (Å²) < 4.78 is 23.6. The average molecular weight is 417 g/mol. The molecule has 1 heterocycles. The molecule has 0 aliphatic rings. The van der Waals surface area contributed by atoms with Crippen molar-refractivity contribution in [2.45, 2.75) is 45.1 Å². The molecule has 0 saturated carbocycles. The van der Waals surface area contributed by atoms with Crippen LogP contribution in [-0.4, -0.2) is 38.7 Å². The number of hydrogen-bond acceptors (Lipinski definition) is 4. The SMILES string of the molecule is CCNC(=NCc1ccc(S(C)(=O)=O)c(C)c1)NCC(c1cccnc1)C(C)C. The third kappa shape index (κ3) is 6.85. The summed E-state index contributed by atoms with van der Waals surface area (Å²) in [5, 5.41) is 6.71. The largest absolute Gasteiger partial charge is 0.357 e. The highest BCUT2D eigenvalue weighted by Crippen LogP contribution is 2.22. The van der Waals surface area contributed by atoms with E-state index in [0.29, 0.717) is 23.3 Å².